The quantitative estimate of drug-likeness (QED) is 0.207. The molecule has 0 spiro atoms. The summed E-state index contributed by atoms with van der Waals surface area (Å²) in [6.45, 7) is 0. The van der Waals surface area contributed by atoms with Gasteiger partial charge in [0.2, 0.25) is 0 Å². The fourth-order valence-electron chi connectivity index (χ4n) is 3.01. The van der Waals surface area contributed by atoms with Gasteiger partial charge < -0.3 is 0 Å². The number of fused-ring (bicyclic) bond motifs is 1. The number of hydrogen-bond donors (Lipinski definition) is 0. The predicted molar refractivity (Wildman–Crippen MR) is 110 cm³/mol. The lowest BCUT2D eigenvalue weighted by Crippen LogP contribution is -2.22. The highest BCUT2D eigenvalue weighted by Gasteiger charge is 2.18. The number of hydrogen-bond acceptors (Lipinski definition) is 5. The molecule has 4 rings (SSSR count). The Kier molecular flexibility index (Phi) is 5.09. The van der Waals surface area contributed by atoms with E-state index in [1.807, 2.05) is 0 Å². The van der Waals surface area contributed by atoms with Gasteiger partial charge >= 0.3 is 0 Å². The first-order valence-electron chi connectivity index (χ1n) is 8.68. The maximum atomic E-state index is 14.5. The topological polar surface area (TPSA) is 78.0 Å². The summed E-state index contributed by atoms with van der Waals surface area (Å²) in [5, 5.41) is 11.9. The molecule has 0 aliphatic heterocycles. The number of rotatable bonds is 5. The third kappa shape index (κ3) is 3.62. The van der Waals surface area contributed by atoms with Gasteiger partial charge in [-0.1, -0.05) is 54.2 Å². The molecule has 0 atom stereocenters. The lowest BCUT2D eigenvalue weighted by atomic mass is 10.2. The van der Waals surface area contributed by atoms with Crippen molar-refractivity contribution in [3.05, 3.63) is 105 Å². The fourth-order valence-corrected chi connectivity index (χ4v) is 4.01. The fraction of sp³-hybridized carbons (Fsp3) is 0.0476. The van der Waals surface area contributed by atoms with Crippen LogP contribution < -0.4 is 5.56 Å². The van der Waals surface area contributed by atoms with Crippen LogP contribution in [0.1, 0.15) is 5.56 Å². The molecule has 29 heavy (non-hydrogen) atoms. The Morgan fingerprint density at radius 2 is 1.69 bits per heavy atom. The molecule has 6 nitrogen and oxygen atoms in total. The summed E-state index contributed by atoms with van der Waals surface area (Å²) < 4.78 is 15.7. The van der Waals surface area contributed by atoms with E-state index in [2.05, 4.69) is 4.98 Å². The average molecular weight is 407 g/mol. The van der Waals surface area contributed by atoms with Crippen LogP contribution in [-0.2, 0) is 5.75 Å². The van der Waals surface area contributed by atoms with Gasteiger partial charge in [-0.15, -0.1) is 0 Å². The Bertz CT molecular complexity index is 1290. The number of nitrogens with zero attached hydrogens (tertiary/aromatic N) is 3. The SMILES string of the molecule is O=c1c2ccccc2nc(SCc2ccccc2[N+](=O)[O-])n1-c1ccccc1F. The van der Waals surface area contributed by atoms with E-state index in [0.29, 0.717) is 16.5 Å². The smallest absolute Gasteiger partial charge is 0.268 e. The van der Waals surface area contributed by atoms with Crippen LogP contribution >= 0.6 is 11.8 Å². The van der Waals surface area contributed by atoms with Gasteiger partial charge in [0.25, 0.3) is 11.2 Å². The van der Waals surface area contributed by atoms with E-state index in [4.69, 9.17) is 0 Å². The number of thioether (sulfide) groups is 1. The first kappa shape index (κ1) is 18.8. The predicted octanol–water partition coefficient (Wildman–Crippen LogP) is 4.73. The van der Waals surface area contributed by atoms with Crippen molar-refractivity contribution < 1.29 is 9.31 Å². The molecule has 4 aromatic rings. The standard InChI is InChI=1S/C21H14FN3O3S/c22-16-9-3-6-12-19(16)24-20(26)15-8-2-4-10-17(15)23-21(24)29-13-14-7-1-5-11-18(14)25(27)28/h1-12H,13H2. The number of benzene rings is 3. The minimum atomic E-state index is -0.556. The van der Waals surface area contributed by atoms with Crippen molar-refractivity contribution in [2.75, 3.05) is 0 Å². The van der Waals surface area contributed by atoms with Crippen LogP contribution in [0.5, 0.6) is 0 Å². The molecular formula is C21H14FN3O3S. The second-order valence-electron chi connectivity index (χ2n) is 6.18. The maximum absolute atomic E-state index is 14.5. The summed E-state index contributed by atoms with van der Waals surface area (Å²) in [6.07, 6.45) is 0. The Morgan fingerprint density at radius 3 is 2.48 bits per heavy atom. The highest BCUT2D eigenvalue weighted by molar-refractivity contribution is 7.98. The zero-order valence-electron chi connectivity index (χ0n) is 15.0. The number of aromatic nitrogens is 2. The second kappa shape index (κ2) is 7.84. The molecule has 0 unspecified atom stereocenters. The summed E-state index contributed by atoms with van der Waals surface area (Å²) in [5.41, 5.74) is 0.646. The molecular weight excluding hydrogens is 393 g/mol. The van der Waals surface area contributed by atoms with Gasteiger partial charge in [-0.25, -0.2) is 9.37 Å². The zero-order chi connectivity index (χ0) is 20.4. The average Bonchev–Trinajstić information content (AvgIpc) is 2.73. The molecule has 1 heterocycles. The number of nitro benzene ring substituents is 1. The van der Waals surface area contributed by atoms with Crippen LogP contribution in [0.4, 0.5) is 10.1 Å². The summed E-state index contributed by atoms with van der Waals surface area (Å²) in [7, 11) is 0. The summed E-state index contributed by atoms with van der Waals surface area (Å²) >= 11 is 1.15. The molecule has 0 saturated carbocycles. The van der Waals surface area contributed by atoms with Crippen LogP contribution in [0.15, 0.2) is 82.7 Å². The van der Waals surface area contributed by atoms with E-state index < -0.39 is 16.3 Å². The molecule has 0 aliphatic carbocycles. The van der Waals surface area contributed by atoms with E-state index >= 15 is 0 Å². The molecule has 0 radical (unpaired) electrons. The first-order valence-corrected chi connectivity index (χ1v) is 9.66. The second-order valence-corrected chi connectivity index (χ2v) is 7.12. The van der Waals surface area contributed by atoms with Gasteiger partial charge in [-0.3, -0.25) is 19.5 Å². The lowest BCUT2D eigenvalue weighted by Gasteiger charge is -2.14. The monoisotopic (exact) mass is 407 g/mol. The molecule has 0 aliphatic rings. The van der Waals surface area contributed by atoms with E-state index in [0.717, 1.165) is 11.8 Å². The third-order valence-corrected chi connectivity index (χ3v) is 5.37. The van der Waals surface area contributed by atoms with Crippen molar-refractivity contribution in [2.45, 2.75) is 10.9 Å². The van der Waals surface area contributed by atoms with Gasteiger partial charge in [-0.2, -0.15) is 0 Å². The van der Waals surface area contributed by atoms with Gasteiger partial charge in [0.1, 0.15) is 5.82 Å². The molecule has 0 amide bonds. The molecule has 3 aromatic carbocycles. The Morgan fingerprint density at radius 1 is 1.00 bits per heavy atom. The summed E-state index contributed by atoms with van der Waals surface area (Å²) in [5.74, 6) is -0.352. The highest BCUT2D eigenvalue weighted by Crippen LogP contribution is 2.29. The molecule has 0 N–H and O–H groups in total. The van der Waals surface area contributed by atoms with Crippen LogP contribution in [-0.4, -0.2) is 14.5 Å². The molecule has 1 aromatic heterocycles. The van der Waals surface area contributed by atoms with Gasteiger partial charge in [-0.05, 0) is 24.3 Å². The van der Waals surface area contributed by atoms with Crippen LogP contribution in [0.3, 0.4) is 0 Å². The number of nitro groups is 1. The largest absolute Gasteiger partial charge is 0.273 e. The number of halogens is 1. The Balaban J connectivity index is 1.86. The third-order valence-electron chi connectivity index (χ3n) is 4.38. The molecule has 0 bridgehead atoms. The van der Waals surface area contributed by atoms with Gasteiger partial charge in [0, 0.05) is 17.4 Å². The van der Waals surface area contributed by atoms with Gasteiger partial charge in [0.15, 0.2) is 5.16 Å². The van der Waals surface area contributed by atoms with E-state index in [1.54, 1.807) is 54.6 Å². The lowest BCUT2D eigenvalue weighted by molar-refractivity contribution is -0.385. The van der Waals surface area contributed by atoms with Crippen molar-refractivity contribution in [1.82, 2.24) is 9.55 Å². The molecule has 0 saturated heterocycles. The summed E-state index contributed by atoms with van der Waals surface area (Å²) in [6, 6.07) is 19.2. The Labute approximate surface area is 168 Å². The van der Waals surface area contributed by atoms with Crippen LogP contribution in [0, 0.1) is 15.9 Å². The highest BCUT2D eigenvalue weighted by atomic mass is 32.2. The van der Waals surface area contributed by atoms with Crippen molar-refractivity contribution in [2.24, 2.45) is 0 Å². The van der Waals surface area contributed by atoms with Crippen LogP contribution in [0.2, 0.25) is 0 Å². The van der Waals surface area contributed by atoms with Crippen molar-refractivity contribution in [3.8, 4) is 5.69 Å². The van der Waals surface area contributed by atoms with E-state index in [1.165, 1.54) is 22.8 Å². The zero-order valence-corrected chi connectivity index (χ0v) is 15.8. The minimum Gasteiger partial charge on any atom is -0.268 e. The molecule has 8 heteroatoms. The minimum absolute atomic E-state index is 0.0134. The Hall–Kier alpha value is -3.52. The van der Waals surface area contributed by atoms with Crippen LogP contribution in [0.25, 0.3) is 16.6 Å². The van der Waals surface area contributed by atoms with Gasteiger partial charge in [0.05, 0.1) is 21.5 Å². The maximum Gasteiger partial charge on any atom is 0.273 e. The van der Waals surface area contributed by atoms with Crippen molar-refractivity contribution in [1.29, 1.82) is 0 Å². The number of para-hydroxylation sites is 3. The normalized spacial score (nSPS) is 10.9. The van der Waals surface area contributed by atoms with E-state index in [9.17, 15) is 19.3 Å². The molecule has 0 fully saturated rings. The van der Waals surface area contributed by atoms with E-state index in [-0.39, 0.29) is 22.3 Å². The summed E-state index contributed by atoms with van der Waals surface area (Å²) in [4.78, 5) is 28.5. The molecule has 144 valence electrons. The van der Waals surface area contributed by atoms with Crippen molar-refractivity contribution >= 4 is 28.4 Å². The first-order chi connectivity index (χ1) is 14.1. The van der Waals surface area contributed by atoms with Crippen molar-refractivity contribution in [3.63, 3.8) is 0 Å².